The molecule has 0 spiro atoms. The van der Waals surface area contributed by atoms with Crippen molar-refractivity contribution in [2.24, 2.45) is 11.8 Å². The van der Waals surface area contributed by atoms with Crippen molar-refractivity contribution in [3.05, 3.63) is 65.6 Å². The molecule has 1 heterocycles. The highest BCUT2D eigenvalue weighted by Gasteiger charge is 2.29. The normalized spacial score (nSPS) is 22.9. The molecular weight excluding hydrogens is 349 g/mol. The Morgan fingerprint density at radius 2 is 1.96 bits per heavy atom. The zero-order valence-electron chi connectivity index (χ0n) is 16.9. The number of rotatable bonds is 5. The lowest BCUT2D eigenvalue weighted by atomic mass is 9.80. The molecule has 2 aromatic carbocycles. The van der Waals surface area contributed by atoms with Gasteiger partial charge in [0.1, 0.15) is 11.6 Å². The van der Waals surface area contributed by atoms with E-state index in [2.05, 4.69) is 36.2 Å². The lowest BCUT2D eigenvalue weighted by Crippen LogP contribution is -2.15. The van der Waals surface area contributed by atoms with E-state index in [4.69, 9.17) is 4.74 Å². The van der Waals surface area contributed by atoms with Crippen LogP contribution < -0.4 is 4.74 Å². The highest BCUT2D eigenvalue weighted by Crippen LogP contribution is 2.41. The highest BCUT2D eigenvalue weighted by atomic mass is 19.1. The Kier molecular flexibility index (Phi) is 5.70. The minimum absolute atomic E-state index is 0.166. The first kappa shape index (κ1) is 19.0. The molecule has 3 heteroatoms. The predicted octanol–water partition coefficient (Wildman–Crippen LogP) is 6.86. The summed E-state index contributed by atoms with van der Waals surface area (Å²) in [7, 11) is 1.75. The Hall–Kier alpha value is -2.29. The Morgan fingerprint density at radius 1 is 1.11 bits per heavy atom. The van der Waals surface area contributed by atoms with Gasteiger partial charge < -0.3 is 9.72 Å². The largest absolute Gasteiger partial charge is 0.496 e. The molecule has 2 nitrogen and oxygen atoms in total. The summed E-state index contributed by atoms with van der Waals surface area (Å²) in [6.07, 6.45) is 7.21. The molecule has 0 aliphatic heterocycles. The summed E-state index contributed by atoms with van der Waals surface area (Å²) in [4.78, 5) is 3.59. The maximum Gasteiger partial charge on any atom is 0.123 e. The predicted molar refractivity (Wildman–Crippen MR) is 113 cm³/mol. The van der Waals surface area contributed by atoms with Crippen molar-refractivity contribution >= 4 is 10.9 Å². The first-order valence-corrected chi connectivity index (χ1v) is 10.5. The number of ether oxygens (including phenoxy) is 1. The van der Waals surface area contributed by atoms with E-state index in [1.165, 1.54) is 43.0 Å². The number of H-pyrrole nitrogens is 1. The smallest absolute Gasteiger partial charge is 0.123 e. The zero-order valence-corrected chi connectivity index (χ0v) is 16.9. The molecule has 1 fully saturated rings. The minimum atomic E-state index is -0.166. The van der Waals surface area contributed by atoms with E-state index < -0.39 is 0 Å². The Balaban J connectivity index is 1.59. The van der Waals surface area contributed by atoms with E-state index in [0.29, 0.717) is 11.8 Å². The maximum atomic E-state index is 13.6. The van der Waals surface area contributed by atoms with E-state index in [1.54, 1.807) is 13.2 Å². The van der Waals surface area contributed by atoms with Crippen LogP contribution in [0, 0.1) is 17.7 Å². The van der Waals surface area contributed by atoms with Gasteiger partial charge in [0.15, 0.2) is 0 Å². The van der Waals surface area contributed by atoms with Crippen LogP contribution in [-0.2, 0) is 6.42 Å². The first-order valence-electron chi connectivity index (χ1n) is 10.5. The molecular formula is C25H30FNO. The van der Waals surface area contributed by atoms with Gasteiger partial charge in [-0.05, 0) is 73.4 Å². The van der Waals surface area contributed by atoms with Gasteiger partial charge in [-0.2, -0.15) is 0 Å². The molecule has 3 atom stereocenters. The number of nitrogens with one attached hydrogen (secondary N) is 1. The maximum absolute atomic E-state index is 13.6. The van der Waals surface area contributed by atoms with Gasteiger partial charge >= 0.3 is 0 Å². The van der Waals surface area contributed by atoms with Crippen molar-refractivity contribution < 1.29 is 9.13 Å². The number of fused-ring (bicyclic) bond motifs is 1. The summed E-state index contributed by atoms with van der Waals surface area (Å²) < 4.78 is 19.2. The van der Waals surface area contributed by atoms with E-state index in [1.807, 2.05) is 12.1 Å². The molecule has 3 unspecified atom stereocenters. The molecule has 1 saturated carbocycles. The molecule has 1 N–H and O–H groups in total. The van der Waals surface area contributed by atoms with Crippen molar-refractivity contribution in [1.82, 2.24) is 4.98 Å². The second-order valence-electron chi connectivity index (χ2n) is 8.45. The third-order valence-electron chi connectivity index (χ3n) is 6.47. The second-order valence-corrected chi connectivity index (χ2v) is 8.45. The average molecular weight is 380 g/mol. The van der Waals surface area contributed by atoms with Crippen molar-refractivity contribution in [3.63, 3.8) is 0 Å². The zero-order chi connectivity index (χ0) is 19.5. The van der Waals surface area contributed by atoms with Crippen LogP contribution in [0.25, 0.3) is 10.9 Å². The number of para-hydroxylation sites is 1. The lowest BCUT2D eigenvalue weighted by Gasteiger charge is -2.26. The average Bonchev–Trinajstić information content (AvgIpc) is 3.02. The van der Waals surface area contributed by atoms with E-state index in [-0.39, 0.29) is 5.82 Å². The van der Waals surface area contributed by atoms with E-state index in [0.717, 1.165) is 35.4 Å². The molecule has 1 aliphatic carbocycles. The fourth-order valence-corrected chi connectivity index (χ4v) is 5.03. The Labute approximate surface area is 167 Å². The molecule has 148 valence electrons. The van der Waals surface area contributed by atoms with Gasteiger partial charge in [0.25, 0.3) is 0 Å². The fourth-order valence-electron chi connectivity index (χ4n) is 5.03. The fraction of sp³-hybridized carbons (Fsp3) is 0.440. The van der Waals surface area contributed by atoms with Crippen LogP contribution in [0.15, 0.2) is 48.5 Å². The lowest BCUT2D eigenvalue weighted by molar-refractivity contribution is 0.333. The number of aromatic nitrogens is 1. The summed E-state index contributed by atoms with van der Waals surface area (Å²) >= 11 is 0. The molecule has 0 radical (unpaired) electrons. The number of aromatic amines is 1. The summed E-state index contributed by atoms with van der Waals surface area (Å²) in [5, 5.41) is 0.982. The summed E-state index contributed by atoms with van der Waals surface area (Å²) in [6, 6.07) is 15.6. The van der Waals surface area contributed by atoms with Crippen LogP contribution in [0.1, 0.15) is 56.2 Å². The van der Waals surface area contributed by atoms with Crippen molar-refractivity contribution in [3.8, 4) is 5.75 Å². The van der Waals surface area contributed by atoms with Gasteiger partial charge in [-0.1, -0.05) is 38.0 Å². The molecule has 3 aromatic rings. The van der Waals surface area contributed by atoms with Crippen LogP contribution >= 0.6 is 0 Å². The molecule has 28 heavy (non-hydrogen) atoms. The Morgan fingerprint density at radius 3 is 2.82 bits per heavy atom. The quantitative estimate of drug-likeness (QED) is 0.481. The van der Waals surface area contributed by atoms with Gasteiger partial charge in [-0.25, -0.2) is 4.39 Å². The topological polar surface area (TPSA) is 25.0 Å². The van der Waals surface area contributed by atoms with Gasteiger partial charge in [0.05, 0.1) is 7.11 Å². The van der Waals surface area contributed by atoms with E-state index >= 15 is 0 Å². The number of hydrogen-bond donors (Lipinski definition) is 1. The number of methoxy groups -OCH3 is 1. The van der Waals surface area contributed by atoms with Crippen LogP contribution in [0.5, 0.6) is 5.75 Å². The molecule has 1 aliphatic rings. The minimum Gasteiger partial charge on any atom is -0.496 e. The van der Waals surface area contributed by atoms with Gasteiger partial charge in [-0.15, -0.1) is 0 Å². The van der Waals surface area contributed by atoms with Crippen molar-refractivity contribution in [2.75, 3.05) is 7.11 Å². The highest BCUT2D eigenvalue weighted by molar-refractivity contribution is 5.80. The number of benzene rings is 2. The van der Waals surface area contributed by atoms with Crippen LogP contribution in [0.4, 0.5) is 4.39 Å². The third kappa shape index (κ3) is 4.09. The summed E-state index contributed by atoms with van der Waals surface area (Å²) in [5.74, 6) is 2.71. The molecule has 4 rings (SSSR count). The second kappa shape index (κ2) is 8.38. The number of halogens is 1. The van der Waals surface area contributed by atoms with Crippen molar-refractivity contribution in [2.45, 2.75) is 51.4 Å². The molecule has 0 bridgehead atoms. The van der Waals surface area contributed by atoms with Crippen LogP contribution in [-0.4, -0.2) is 12.1 Å². The summed E-state index contributed by atoms with van der Waals surface area (Å²) in [6.45, 7) is 2.39. The van der Waals surface area contributed by atoms with Crippen LogP contribution in [0.3, 0.4) is 0 Å². The summed E-state index contributed by atoms with van der Waals surface area (Å²) in [5.41, 5.74) is 3.61. The SMILES string of the molecule is COc1ccccc1CCC1CC(C)CCCC1c1cc2cc(F)ccc2[nH]1. The standard InChI is InChI=1S/C25H30FNO/c1-17-6-5-8-22(24-16-20-15-21(26)12-13-23(20)27-24)19(14-17)11-10-18-7-3-4-9-25(18)28-2/h3-4,7,9,12-13,15-17,19,22,27H,5-6,8,10-11,14H2,1-2H3. The Bertz CT molecular complexity index is 931. The number of aryl methyl sites for hydroxylation is 1. The van der Waals surface area contributed by atoms with Crippen LogP contribution in [0.2, 0.25) is 0 Å². The third-order valence-corrected chi connectivity index (χ3v) is 6.47. The van der Waals surface area contributed by atoms with E-state index in [9.17, 15) is 4.39 Å². The first-order chi connectivity index (χ1) is 13.6. The monoisotopic (exact) mass is 379 g/mol. The van der Waals surface area contributed by atoms with Gasteiger partial charge in [0.2, 0.25) is 0 Å². The number of hydrogen-bond acceptors (Lipinski definition) is 1. The van der Waals surface area contributed by atoms with Gasteiger partial charge in [0, 0.05) is 22.5 Å². The molecule has 1 aromatic heterocycles. The molecule has 0 amide bonds. The van der Waals surface area contributed by atoms with Gasteiger partial charge in [-0.3, -0.25) is 0 Å². The molecule has 0 saturated heterocycles. The van der Waals surface area contributed by atoms with Crippen molar-refractivity contribution in [1.29, 1.82) is 0 Å².